The summed E-state index contributed by atoms with van der Waals surface area (Å²) in [5, 5.41) is 0. The molecular weight excluding hydrogens is 228 g/mol. The first kappa shape index (κ1) is 17.1. The Balaban J connectivity index is 4.47. The van der Waals surface area contributed by atoms with Gasteiger partial charge in [0.05, 0.1) is 0 Å². The van der Waals surface area contributed by atoms with Crippen molar-refractivity contribution in [3.8, 4) is 0 Å². The van der Waals surface area contributed by atoms with Crippen LogP contribution in [0.15, 0.2) is 0 Å². The molecule has 17 heavy (non-hydrogen) atoms. The molecule has 104 valence electrons. The fourth-order valence-electron chi connectivity index (χ4n) is 1.85. The normalized spacial score (nSPS) is 12.7. The van der Waals surface area contributed by atoms with Gasteiger partial charge in [0.1, 0.15) is 0 Å². The lowest BCUT2D eigenvalue weighted by atomic mass is 10.2. The summed E-state index contributed by atoms with van der Waals surface area (Å²) in [6.45, 7) is 15.0. The van der Waals surface area contributed by atoms with Crippen molar-refractivity contribution in [1.29, 1.82) is 0 Å². The molecule has 0 rings (SSSR count). The summed E-state index contributed by atoms with van der Waals surface area (Å²) < 4.78 is 12.5. The Morgan fingerprint density at radius 3 is 1.35 bits per heavy atom. The zero-order valence-electron chi connectivity index (χ0n) is 12.7. The molecule has 0 radical (unpaired) electrons. The van der Waals surface area contributed by atoms with Gasteiger partial charge in [-0.05, 0) is 23.9 Å². The van der Waals surface area contributed by atoms with Crippen LogP contribution in [-0.4, -0.2) is 21.8 Å². The quantitative estimate of drug-likeness (QED) is 0.535. The first-order valence-electron chi connectivity index (χ1n) is 7.23. The number of rotatable bonds is 10. The molecule has 0 spiro atoms. The van der Waals surface area contributed by atoms with Gasteiger partial charge in [0.2, 0.25) is 0 Å². The summed E-state index contributed by atoms with van der Waals surface area (Å²) >= 11 is 0. The predicted molar refractivity (Wildman–Crippen MR) is 77.5 cm³/mol. The minimum atomic E-state index is -1.92. The zero-order valence-corrected chi connectivity index (χ0v) is 13.7. The molecule has 0 aromatic carbocycles. The molecule has 0 aliphatic carbocycles. The summed E-state index contributed by atoms with van der Waals surface area (Å²) in [6, 6.07) is 2.28. The minimum absolute atomic E-state index is 0.596. The van der Waals surface area contributed by atoms with Crippen LogP contribution < -0.4 is 0 Å². The van der Waals surface area contributed by atoms with E-state index in [4.69, 9.17) is 8.85 Å². The second-order valence-corrected chi connectivity index (χ2v) is 9.22. The monoisotopic (exact) mass is 260 g/mol. The van der Waals surface area contributed by atoms with Crippen molar-refractivity contribution in [3.63, 3.8) is 0 Å². The van der Waals surface area contributed by atoms with Gasteiger partial charge in [-0.2, -0.15) is 0 Å². The van der Waals surface area contributed by atoms with Gasteiger partial charge in [0.25, 0.3) is 0 Å². The molecule has 3 heteroatoms. The SMILES string of the molecule is CCC[Si](CCC)(OCC(C)C)OCC(C)C. The van der Waals surface area contributed by atoms with Crippen LogP contribution in [0.2, 0.25) is 12.1 Å². The van der Waals surface area contributed by atoms with Crippen LogP contribution in [0, 0.1) is 11.8 Å². The van der Waals surface area contributed by atoms with E-state index in [1.807, 2.05) is 0 Å². The van der Waals surface area contributed by atoms with Crippen LogP contribution in [0.3, 0.4) is 0 Å². The second kappa shape index (κ2) is 9.12. The van der Waals surface area contributed by atoms with Gasteiger partial charge in [-0.25, -0.2) is 0 Å². The van der Waals surface area contributed by atoms with Crippen molar-refractivity contribution < 1.29 is 8.85 Å². The molecule has 0 amide bonds. The van der Waals surface area contributed by atoms with Crippen LogP contribution in [0.4, 0.5) is 0 Å². The molecule has 0 unspecified atom stereocenters. The van der Waals surface area contributed by atoms with E-state index >= 15 is 0 Å². The maximum absolute atomic E-state index is 6.24. The Morgan fingerprint density at radius 2 is 1.12 bits per heavy atom. The molecule has 0 bridgehead atoms. The highest BCUT2D eigenvalue weighted by Crippen LogP contribution is 2.24. The molecular formula is C14H32O2Si. The van der Waals surface area contributed by atoms with E-state index < -0.39 is 8.56 Å². The van der Waals surface area contributed by atoms with Crippen molar-refractivity contribution >= 4 is 8.56 Å². The van der Waals surface area contributed by atoms with E-state index in [9.17, 15) is 0 Å². The molecule has 0 aliphatic rings. The third-order valence-corrected chi connectivity index (χ3v) is 6.53. The van der Waals surface area contributed by atoms with Crippen molar-refractivity contribution in [2.45, 2.75) is 66.5 Å². The topological polar surface area (TPSA) is 18.5 Å². The average molecular weight is 260 g/mol. The van der Waals surface area contributed by atoms with Crippen LogP contribution in [0.1, 0.15) is 54.4 Å². The summed E-state index contributed by atoms with van der Waals surface area (Å²) in [5.74, 6) is 1.19. The highest BCUT2D eigenvalue weighted by molar-refractivity contribution is 6.67. The maximum Gasteiger partial charge on any atom is 0.338 e. The number of hydrogen-bond acceptors (Lipinski definition) is 2. The van der Waals surface area contributed by atoms with Crippen LogP contribution >= 0.6 is 0 Å². The fourth-order valence-corrected chi connectivity index (χ4v) is 5.56. The Kier molecular flexibility index (Phi) is 9.19. The van der Waals surface area contributed by atoms with E-state index in [0.717, 1.165) is 25.3 Å². The Hall–Kier alpha value is 0.137. The largest absolute Gasteiger partial charge is 0.394 e. The lowest BCUT2D eigenvalue weighted by molar-refractivity contribution is 0.137. The lowest BCUT2D eigenvalue weighted by Crippen LogP contribution is -2.43. The fraction of sp³-hybridized carbons (Fsp3) is 1.00. The predicted octanol–water partition coefficient (Wildman–Crippen LogP) is 4.59. The van der Waals surface area contributed by atoms with E-state index in [1.54, 1.807) is 0 Å². The number of hydrogen-bond donors (Lipinski definition) is 0. The van der Waals surface area contributed by atoms with E-state index in [-0.39, 0.29) is 0 Å². The van der Waals surface area contributed by atoms with Crippen LogP contribution in [0.5, 0.6) is 0 Å². The van der Waals surface area contributed by atoms with Crippen LogP contribution in [0.25, 0.3) is 0 Å². The molecule has 0 N–H and O–H groups in total. The van der Waals surface area contributed by atoms with E-state index in [2.05, 4.69) is 41.5 Å². The second-order valence-electron chi connectivity index (χ2n) is 5.82. The summed E-state index contributed by atoms with van der Waals surface area (Å²) in [4.78, 5) is 0. The summed E-state index contributed by atoms with van der Waals surface area (Å²) in [5.41, 5.74) is 0. The molecule has 0 aliphatic heterocycles. The van der Waals surface area contributed by atoms with Gasteiger partial charge >= 0.3 is 8.56 Å². The third-order valence-electron chi connectivity index (χ3n) is 2.62. The zero-order chi connectivity index (χ0) is 13.3. The maximum atomic E-state index is 6.24. The molecule has 0 fully saturated rings. The molecule has 0 atom stereocenters. The standard InChI is InChI=1S/C14H32O2Si/c1-7-9-17(10-8-2,15-11-13(3)4)16-12-14(5)6/h13-14H,7-12H2,1-6H3. The van der Waals surface area contributed by atoms with Gasteiger partial charge in [0.15, 0.2) is 0 Å². The molecule has 0 saturated heterocycles. The average Bonchev–Trinajstić information content (AvgIpc) is 2.24. The minimum Gasteiger partial charge on any atom is -0.394 e. The van der Waals surface area contributed by atoms with E-state index in [1.165, 1.54) is 12.8 Å². The highest BCUT2D eigenvalue weighted by Gasteiger charge is 2.36. The Morgan fingerprint density at radius 1 is 0.765 bits per heavy atom. The third kappa shape index (κ3) is 7.95. The summed E-state index contributed by atoms with van der Waals surface area (Å²) in [6.07, 6.45) is 2.34. The first-order valence-corrected chi connectivity index (χ1v) is 9.46. The van der Waals surface area contributed by atoms with Crippen molar-refractivity contribution in [3.05, 3.63) is 0 Å². The van der Waals surface area contributed by atoms with Crippen LogP contribution in [-0.2, 0) is 8.85 Å². The summed E-state index contributed by atoms with van der Waals surface area (Å²) in [7, 11) is -1.92. The smallest absolute Gasteiger partial charge is 0.338 e. The lowest BCUT2D eigenvalue weighted by Gasteiger charge is -2.32. The van der Waals surface area contributed by atoms with Crippen molar-refractivity contribution in [1.82, 2.24) is 0 Å². The van der Waals surface area contributed by atoms with Gasteiger partial charge < -0.3 is 8.85 Å². The van der Waals surface area contributed by atoms with Gasteiger partial charge in [-0.15, -0.1) is 0 Å². The van der Waals surface area contributed by atoms with Gasteiger partial charge in [0, 0.05) is 13.2 Å². The molecule has 0 saturated carbocycles. The van der Waals surface area contributed by atoms with Gasteiger partial charge in [-0.1, -0.05) is 54.4 Å². The van der Waals surface area contributed by atoms with Crippen molar-refractivity contribution in [2.75, 3.05) is 13.2 Å². The van der Waals surface area contributed by atoms with Gasteiger partial charge in [-0.3, -0.25) is 0 Å². The Labute approximate surface area is 109 Å². The van der Waals surface area contributed by atoms with Crippen molar-refractivity contribution in [2.24, 2.45) is 11.8 Å². The first-order chi connectivity index (χ1) is 7.95. The highest BCUT2D eigenvalue weighted by atomic mass is 28.4. The molecule has 0 aromatic heterocycles. The molecule has 2 nitrogen and oxygen atoms in total. The van der Waals surface area contributed by atoms with E-state index in [0.29, 0.717) is 11.8 Å². The Bertz CT molecular complexity index is 161. The molecule has 0 aromatic rings. The molecule has 0 heterocycles.